The number of anilines is 1. The zero-order valence-corrected chi connectivity index (χ0v) is 9.94. The third-order valence-corrected chi connectivity index (χ3v) is 2.47. The summed E-state index contributed by atoms with van der Waals surface area (Å²) in [6.07, 6.45) is -4.45. The van der Waals surface area contributed by atoms with E-state index in [1.807, 2.05) is 0 Å². The van der Waals surface area contributed by atoms with Crippen LogP contribution in [0.25, 0.3) is 0 Å². The highest BCUT2D eigenvalue weighted by Gasteiger charge is 2.33. The van der Waals surface area contributed by atoms with E-state index in [0.29, 0.717) is 0 Å². The van der Waals surface area contributed by atoms with Gasteiger partial charge in [0.2, 0.25) is 0 Å². The van der Waals surface area contributed by atoms with E-state index in [4.69, 9.17) is 16.7 Å². The molecule has 1 unspecified atom stereocenters. The number of nitrogens with one attached hydrogen (secondary N) is 1. The Bertz CT molecular complexity index is 381. The van der Waals surface area contributed by atoms with Crippen LogP contribution in [0.5, 0.6) is 0 Å². The van der Waals surface area contributed by atoms with Crippen molar-refractivity contribution in [3.05, 3.63) is 28.8 Å². The fourth-order valence-corrected chi connectivity index (χ4v) is 1.43. The van der Waals surface area contributed by atoms with Gasteiger partial charge in [-0.2, -0.15) is 13.2 Å². The van der Waals surface area contributed by atoms with E-state index in [9.17, 15) is 13.2 Å². The first kappa shape index (κ1) is 14.1. The molecule has 0 amide bonds. The van der Waals surface area contributed by atoms with Crippen LogP contribution in [0.4, 0.5) is 18.9 Å². The molecule has 1 aromatic carbocycles. The largest absolute Gasteiger partial charge is 0.418 e. The number of rotatable bonds is 4. The van der Waals surface area contributed by atoms with E-state index in [1.165, 1.54) is 12.1 Å². The van der Waals surface area contributed by atoms with Crippen LogP contribution in [0.1, 0.15) is 12.5 Å². The minimum Gasteiger partial charge on any atom is -0.396 e. The Labute approximate surface area is 102 Å². The molecule has 0 aliphatic rings. The maximum atomic E-state index is 12.7. The second kappa shape index (κ2) is 5.60. The van der Waals surface area contributed by atoms with E-state index in [1.54, 1.807) is 6.92 Å². The molecule has 0 radical (unpaired) electrons. The Kier molecular flexibility index (Phi) is 4.65. The van der Waals surface area contributed by atoms with Gasteiger partial charge in [-0.3, -0.25) is 0 Å². The molecule has 2 N–H and O–H groups in total. The summed E-state index contributed by atoms with van der Waals surface area (Å²) in [7, 11) is 0. The first-order valence-electron chi connectivity index (χ1n) is 5.06. The normalized spacial score (nSPS) is 13.5. The molecule has 0 saturated heterocycles. The Hall–Kier alpha value is -0.940. The molecule has 0 spiro atoms. The Balaban J connectivity index is 2.91. The van der Waals surface area contributed by atoms with Gasteiger partial charge in [0, 0.05) is 23.9 Å². The molecule has 0 heterocycles. The van der Waals surface area contributed by atoms with E-state index < -0.39 is 11.7 Å². The van der Waals surface area contributed by atoms with Gasteiger partial charge in [-0.1, -0.05) is 18.5 Å². The van der Waals surface area contributed by atoms with Crippen LogP contribution in [0.15, 0.2) is 18.2 Å². The van der Waals surface area contributed by atoms with Gasteiger partial charge < -0.3 is 10.4 Å². The minimum atomic E-state index is -4.45. The first-order chi connectivity index (χ1) is 7.84. The van der Waals surface area contributed by atoms with Crippen molar-refractivity contribution in [1.29, 1.82) is 0 Å². The molecule has 0 aliphatic carbocycles. The molecule has 0 fully saturated rings. The van der Waals surface area contributed by atoms with Gasteiger partial charge in [-0.25, -0.2) is 0 Å². The van der Waals surface area contributed by atoms with Crippen LogP contribution in [0.2, 0.25) is 5.02 Å². The summed E-state index contributed by atoms with van der Waals surface area (Å²) in [6.45, 7) is 1.92. The maximum absolute atomic E-state index is 12.7. The Morgan fingerprint density at radius 3 is 2.59 bits per heavy atom. The predicted octanol–water partition coefficient (Wildman–Crippen LogP) is 3.40. The minimum absolute atomic E-state index is 0.0257. The standard InChI is InChI=1S/C11H13ClF3NO/c1-7(6-17)5-16-10-3-2-8(12)4-9(10)11(13,14)15/h2-4,7,16-17H,5-6H2,1H3. The molecule has 1 atom stereocenters. The molecule has 6 heteroatoms. The summed E-state index contributed by atoms with van der Waals surface area (Å²) in [5.74, 6) is -0.119. The maximum Gasteiger partial charge on any atom is 0.418 e. The molecule has 17 heavy (non-hydrogen) atoms. The fraction of sp³-hybridized carbons (Fsp3) is 0.455. The lowest BCUT2D eigenvalue weighted by Crippen LogP contribution is -2.17. The third kappa shape index (κ3) is 4.09. The van der Waals surface area contributed by atoms with Crippen molar-refractivity contribution in [2.45, 2.75) is 13.1 Å². The molecule has 96 valence electrons. The SMILES string of the molecule is CC(CO)CNc1ccc(Cl)cc1C(F)(F)F. The van der Waals surface area contributed by atoms with Crippen molar-refractivity contribution in [2.75, 3.05) is 18.5 Å². The summed E-state index contributed by atoms with van der Waals surface area (Å²) in [6, 6.07) is 3.56. The lowest BCUT2D eigenvalue weighted by atomic mass is 10.1. The zero-order valence-electron chi connectivity index (χ0n) is 9.18. The number of alkyl halides is 3. The van der Waals surface area contributed by atoms with E-state index in [-0.39, 0.29) is 29.8 Å². The molecule has 1 aromatic rings. The highest BCUT2D eigenvalue weighted by atomic mass is 35.5. The molecule has 0 aromatic heterocycles. The first-order valence-corrected chi connectivity index (χ1v) is 5.44. The summed E-state index contributed by atoms with van der Waals surface area (Å²) >= 11 is 5.55. The molecule has 1 rings (SSSR count). The molecule has 0 aliphatic heterocycles. The van der Waals surface area contributed by atoms with E-state index in [0.717, 1.165) is 6.07 Å². The van der Waals surface area contributed by atoms with Crippen LogP contribution in [-0.2, 0) is 6.18 Å². The van der Waals surface area contributed by atoms with Crippen LogP contribution in [0.3, 0.4) is 0 Å². The number of aliphatic hydroxyl groups is 1. The van der Waals surface area contributed by atoms with Gasteiger partial charge >= 0.3 is 6.18 Å². The number of aliphatic hydroxyl groups excluding tert-OH is 1. The van der Waals surface area contributed by atoms with Gasteiger partial charge in [-0.05, 0) is 24.1 Å². The quantitative estimate of drug-likeness (QED) is 0.876. The fourth-order valence-electron chi connectivity index (χ4n) is 1.25. The Morgan fingerprint density at radius 1 is 1.41 bits per heavy atom. The monoisotopic (exact) mass is 267 g/mol. The van der Waals surface area contributed by atoms with Crippen molar-refractivity contribution in [3.8, 4) is 0 Å². The van der Waals surface area contributed by atoms with Crippen LogP contribution < -0.4 is 5.32 Å². The Morgan fingerprint density at radius 2 is 2.06 bits per heavy atom. The smallest absolute Gasteiger partial charge is 0.396 e. The lowest BCUT2D eigenvalue weighted by molar-refractivity contribution is -0.136. The molecule has 2 nitrogen and oxygen atoms in total. The lowest BCUT2D eigenvalue weighted by Gasteiger charge is -2.16. The average molecular weight is 268 g/mol. The summed E-state index contributed by atoms with van der Waals surface area (Å²) in [5, 5.41) is 11.5. The summed E-state index contributed by atoms with van der Waals surface area (Å²) in [5.41, 5.74) is -0.822. The predicted molar refractivity (Wildman–Crippen MR) is 61.2 cm³/mol. The molecule has 0 bridgehead atoms. The molecular weight excluding hydrogens is 255 g/mol. The van der Waals surface area contributed by atoms with Crippen LogP contribution >= 0.6 is 11.6 Å². The second-order valence-corrected chi connectivity index (χ2v) is 4.29. The van der Waals surface area contributed by atoms with Gasteiger partial charge in [0.1, 0.15) is 0 Å². The zero-order chi connectivity index (χ0) is 13.1. The van der Waals surface area contributed by atoms with Crippen LogP contribution in [-0.4, -0.2) is 18.3 Å². The topological polar surface area (TPSA) is 32.3 Å². The number of benzene rings is 1. The molecular formula is C11H13ClF3NO. The van der Waals surface area contributed by atoms with Crippen LogP contribution in [0, 0.1) is 5.92 Å². The van der Waals surface area contributed by atoms with Crippen molar-refractivity contribution >= 4 is 17.3 Å². The summed E-state index contributed by atoms with van der Waals surface area (Å²) in [4.78, 5) is 0. The third-order valence-electron chi connectivity index (χ3n) is 2.24. The average Bonchev–Trinajstić information content (AvgIpc) is 2.25. The molecule has 0 saturated carbocycles. The number of hydrogen-bond donors (Lipinski definition) is 2. The van der Waals surface area contributed by atoms with Gasteiger partial charge in [0.15, 0.2) is 0 Å². The number of hydrogen-bond acceptors (Lipinski definition) is 2. The van der Waals surface area contributed by atoms with Gasteiger partial charge in [0.25, 0.3) is 0 Å². The van der Waals surface area contributed by atoms with E-state index >= 15 is 0 Å². The highest BCUT2D eigenvalue weighted by molar-refractivity contribution is 6.30. The van der Waals surface area contributed by atoms with Crippen molar-refractivity contribution in [1.82, 2.24) is 0 Å². The second-order valence-electron chi connectivity index (χ2n) is 3.86. The van der Waals surface area contributed by atoms with Gasteiger partial charge in [0.05, 0.1) is 5.56 Å². The number of halogens is 4. The van der Waals surface area contributed by atoms with Crippen molar-refractivity contribution < 1.29 is 18.3 Å². The van der Waals surface area contributed by atoms with Crippen molar-refractivity contribution in [2.24, 2.45) is 5.92 Å². The summed E-state index contributed by atoms with van der Waals surface area (Å²) < 4.78 is 38.1. The van der Waals surface area contributed by atoms with Crippen molar-refractivity contribution in [3.63, 3.8) is 0 Å². The van der Waals surface area contributed by atoms with E-state index in [2.05, 4.69) is 5.32 Å². The highest BCUT2D eigenvalue weighted by Crippen LogP contribution is 2.36. The van der Waals surface area contributed by atoms with Gasteiger partial charge in [-0.15, -0.1) is 0 Å².